The van der Waals surface area contributed by atoms with Crippen molar-refractivity contribution in [1.29, 1.82) is 0 Å². The van der Waals surface area contributed by atoms with Crippen molar-refractivity contribution in [2.24, 2.45) is 5.92 Å². The molecule has 0 aliphatic carbocycles. The molecule has 2 aromatic heterocycles. The minimum absolute atomic E-state index is 0.186. The molecule has 0 bridgehead atoms. The number of carbonyl (C=O) groups excluding carboxylic acids is 2. The molecule has 0 saturated heterocycles. The molecule has 7 heteroatoms. The first-order valence-electron chi connectivity index (χ1n) is 9.88. The van der Waals surface area contributed by atoms with Crippen LogP contribution in [0.1, 0.15) is 42.0 Å². The maximum Gasteiger partial charge on any atom is 0.252 e. The normalized spacial score (nSPS) is 12.1. The van der Waals surface area contributed by atoms with Crippen LogP contribution in [0.15, 0.2) is 48.7 Å². The van der Waals surface area contributed by atoms with Crippen LogP contribution in [0, 0.1) is 12.8 Å². The van der Waals surface area contributed by atoms with Gasteiger partial charge in [-0.2, -0.15) is 0 Å². The Labute approximate surface area is 170 Å². The molecule has 152 valence electrons. The zero-order chi connectivity index (χ0) is 20.8. The van der Waals surface area contributed by atoms with E-state index in [0.717, 1.165) is 17.0 Å². The lowest BCUT2D eigenvalue weighted by atomic mass is 10.0. The second-order valence-corrected chi connectivity index (χ2v) is 7.56. The summed E-state index contributed by atoms with van der Waals surface area (Å²) >= 11 is 0. The van der Waals surface area contributed by atoms with Crippen molar-refractivity contribution >= 4 is 17.5 Å². The monoisotopic (exact) mass is 393 g/mol. The highest BCUT2D eigenvalue weighted by atomic mass is 16.2. The van der Waals surface area contributed by atoms with Gasteiger partial charge in [0.2, 0.25) is 5.91 Å². The molecule has 0 unspecified atom stereocenters. The molecule has 0 aliphatic rings. The molecule has 2 N–H and O–H groups in total. The molecule has 0 fully saturated rings. The highest BCUT2D eigenvalue weighted by molar-refractivity contribution is 5.98. The summed E-state index contributed by atoms with van der Waals surface area (Å²) in [6.07, 6.45) is 3.02. The van der Waals surface area contributed by atoms with Gasteiger partial charge >= 0.3 is 0 Å². The van der Waals surface area contributed by atoms with Gasteiger partial charge in [-0.1, -0.05) is 38.1 Å². The van der Waals surface area contributed by atoms with E-state index in [-0.39, 0.29) is 17.7 Å². The Balaban J connectivity index is 1.61. The minimum Gasteiger partial charge on any atom is -0.354 e. The molecule has 0 radical (unpaired) electrons. The second kappa shape index (κ2) is 9.32. The summed E-state index contributed by atoms with van der Waals surface area (Å²) in [6.45, 7) is 6.36. The van der Waals surface area contributed by atoms with Crippen molar-refractivity contribution in [3.05, 3.63) is 65.6 Å². The van der Waals surface area contributed by atoms with Crippen LogP contribution in [0.25, 0.3) is 5.65 Å². The number of rotatable bonds is 8. The molecular weight excluding hydrogens is 366 g/mol. The van der Waals surface area contributed by atoms with Crippen LogP contribution < -0.4 is 10.6 Å². The summed E-state index contributed by atoms with van der Waals surface area (Å²) in [4.78, 5) is 25.4. The van der Waals surface area contributed by atoms with Crippen LogP contribution in [0.5, 0.6) is 0 Å². The van der Waals surface area contributed by atoms with Gasteiger partial charge in [0, 0.05) is 24.7 Å². The van der Waals surface area contributed by atoms with E-state index in [9.17, 15) is 9.59 Å². The van der Waals surface area contributed by atoms with Crippen LogP contribution in [-0.4, -0.2) is 39.0 Å². The topological polar surface area (TPSA) is 88.4 Å². The summed E-state index contributed by atoms with van der Waals surface area (Å²) in [5, 5.41) is 14.1. The van der Waals surface area contributed by atoms with Gasteiger partial charge in [-0.05, 0) is 43.0 Å². The van der Waals surface area contributed by atoms with Crippen molar-refractivity contribution in [3.63, 3.8) is 0 Å². The van der Waals surface area contributed by atoms with Gasteiger partial charge in [0.25, 0.3) is 5.91 Å². The Morgan fingerprint density at radius 2 is 1.83 bits per heavy atom. The predicted molar refractivity (Wildman–Crippen MR) is 112 cm³/mol. The zero-order valence-electron chi connectivity index (χ0n) is 17.1. The number of carbonyl (C=O) groups is 2. The van der Waals surface area contributed by atoms with E-state index in [2.05, 4.69) is 20.8 Å². The second-order valence-electron chi connectivity index (χ2n) is 7.56. The third-order valence-corrected chi connectivity index (χ3v) is 4.75. The Morgan fingerprint density at radius 3 is 2.59 bits per heavy atom. The summed E-state index contributed by atoms with van der Waals surface area (Å²) in [5.74, 6) is 0.635. The van der Waals surface area contributed by atoms with E-state index >= 15 is 0 Å². The van der Waals surface area contributed by atoms with Gasteiger partial charge in [0.15, 0.2) is 5.65 Å². The average molecular weight is 393 g/mol. The summed E-state index contributed by atoms with van der Waals surface area (Å²) in [6, 6.07) is 12.5. The van der Waals surface area contributed by atoms with Gasteiger partial charge in [-0.15, -0.1) is 10.2 Å². The number of aryl methyl sites for hydroxylation is 1. The fourth-order valence-corrected chi connectivity index (χ4v) is 3.25. The van der Waals surface area contributed by atoms with Gasteiger partial charge < -0.3 is 10.6 Å². The number of pyridine rings is 1. The summed E-state index contributed by atoms with van der Waals surface area (Å²) < 4.78 is 1.90. The van der Waals surface area contributed by atoms with Crippen molar-refractivity contribution in [2.75, 3.05) is 6.54 Å². The van der Waals surface area contributed by atoms with E-state index in [1.807, 2.05) is 67.8 Å². The molecule has 7 nitrogen and oxygen atoms in total. The van der Waals surface area contributed by atoms with Crippen molar-refractivity contribution in [3.8, 4) is 0 Å². The number of hydrogen-bond acceptors (Lipinski definition) is 4. The zero-order valence-corrected chi connectivity index (χ0v) is 17.1. The lowest BCUT2D eigenvalue weighted by Crippen LogP contribution is -2.48. The van der Waals surface area contributed by atoms with E-state index in [0.29, 0.717) is 24.9 Å². The molecule has 29 heavy (non-hydrogen) atoms. The molecule has 1 aromatic carbocycles. The van der Waals surface area contributed by atoms with Gasteiger partial charge in [0.05, 0.1) is 0 Å². The third-order valence-electron chi connectivity index (χ3n) is 4.75. The van der Waals surface area contributed by atoms with Crippen molar-refractivity contribution < 1.29 is 9.59 Å². The number of benzene rings is 1. The molecule has 3 aromatic rings. The molecular formula is C22H27N5O2. The Hall–Kier alpha value is -3.22. The number of amides is 2. The minimum atomic E-state index is -0.586. The lowest BCUT2D eigenvalue weighted by Gasteiger charge is -2.20. The maximum atomic E-state index is 12.8. The largest absolute Gasteiger partial charge is 0.354 e. The number of fused-ring (bicyclic) bond motifs is 1. The predicted octanol–water partition coefficient (Wildman–Crippen LogP) is 2.54. The molecule has 0 aliphatic heterocycles. The Kier molecular flexibility index (Phi) is 6.59. The van der Waals surface area contributed by atoms with E-state index < -0.39 is 6.04 Å². The average Bonchev–Trinajstić information content (AvgIpc) is 3.10. The fraction of sp³-hybridized carbons (Fsp3) is 0.364. The molecule has 2 heterocycles. The first-order chi connectivity index (χ1) is 14.0. The SMILES string of the molecule is Cc1ccccc1C(=O)N[C@H](CC(C)C)C(=O)NCCc1nnc2ccccn12. The smallest absolute Gasteiger partial charge is 0.252 e. The van der Waals surface area contributed by atoms with Gasteiger partial charge in [-0.25, -0.2) is 0 Å². The van der Waals surface area contributed by atoms with Crippen LogP contribution in [0.2, 0.25) is 0 Å². The first kappa shape index (κ1) is 20.5. The van der Waals surface area contributed by atoms with Crippen LogP contribution in [0.3, 0.4) is 0 Å². The number of nitrogens with one attached hydrogen (secondary N) is 2. The quantitative estimate of drug-likeness (QED) is 0.616. The summed E-state index contributed by atoms with van der Waals surface area (Å²) in [7, 11) is 0. The number of aromatic nitrogens is 3. The molecule has 0 spiro atoms. The van der Waals surface area contributed by atoms with Crippen LogP contribution >= 0.6 is 0 Å². The van der Waals surface area contributed by atoms with Crippen molar-refractivity contribution in [2.45, 2.75) is 39.7 Å². The number of nitrogens with zero attached hydrogens (tertiary/aromatic N) is 3. The molecule has 2 amide bonds. The highest BCUT2D eigenvalue weighted by Crippen LogP contribution is 2.10. The van der Waals surface area contributed by atoms with Crippen LogP contribution in [-0.2, 0) is 11.2 Å². The summed E-state index contributed by atoms with van der Waals surface area (Å²) in [5.41, 5.74) is 2.24. The standard InChI is InChI=1S/C22H27N5O2/c1-15(2)14-18(24-21(28)17-9-5-4-8-16(17)3)22(29)23-12-11-20-26-25-19-10-6-7-13-27(19)20/h4-10,13,15,18H,11-12,14H2,1-3H3,(H,23,29)(H,24,28)/t18-/m1/s1. The number of hydrogen-bond donors (Lipinski definition) is 2. The maximum absolute atomic E-state index is 12.8. The van der Waals surface area contributed by atoms with Crippen molar-refractivity contribution in [1.82, 2.24) is 25.2 Å². The van der Waals surface area contributed by atoms with E-state index in [4.69, 9.17) is 0 Å². The molecule has 1 atom stereocenters. The lowest BCUT2D eigenvalue weighted by molar-refractivity contribution is -0.123. The highest BCUT2D eigenvalue weighted by Gasteiger charge is 2.23. The first-order valence-corrected chi connectivity index (χ1v) is 9.88. The van der Waals surface area contributed by atoms with E-state index in [1.165, 1.54) is 0 Å². The Bertz CT molecular complexity index is 996. The molecule has 3 rings (SSSR count). The van der Waals surface area contributed by atoms with Gasteiger partial charge in [-0.3, -0.25) is 14.0 Å². The third kappa shape index (κ3) is 5.19. The van der Waals surface area contributed by atoms with Crippen LogP contribution in [0.4, 0.5) is 0 Å². The van der Waals surface area contributed by atoms with E-state index in [1.54, 1.807) is 6.07 Å². The Morgan fingerprint density at radius 1 is 1.07 bits per heavy atom. The fourth-order valence-electron chi connectivity index (χ4n) is 3.25. The molecule has 0 saturated carbocycles. The van der Waals surface area contributed by atoms with Gasteiger partial charge in [0.1, 0.15) is 11.9 Å².